The Morgan fingerprint density at radius 3 is 2.00 bits per heavy atom. The molecule has 0 radical (unpaired) electrons. The number of aliphatic imine (C=N–C) groups is 1. The van der Waals surface area contributed by atoms with Crippen molar-refractivity contribution in [3.63, 3.8) is 0 Å². The molecule has 72 valence electrons. The van der Waals surface area contributed by atoms with Crippen LogP contribution in [0, 0.1) is 13.8 Å². The van der Waals surface area contributed by atoms with E-state index in [0.717, 1.165) is 16.8 Å². The van der Waals surface area contributed by atoms with Crippen LogP contribution in [0.5, 0.6) is 0 Å². The Bertz CT molecular complexity index is 296. The van der Waals surface area contributed by atoms with E-state index >= 15 is 0 Å². The first-order chi connectivity index (χ1) is 5.61. The molecule has 1 aromatic rings. The number of nitrogens with zero attached hydrogens (tertiary/aromatic N) is 1. The summed E-state index contributed by atoms with van der Waals surface area (Å²) in [6, 6.07) is 5.94. The minimum atomic E-state index is 0. The van der Waals surface area contributed by atoms with Crippen molar-refractivity contribution < 1.29 is 12.4 Å². The van der Waals surface area contributed by atoms with E-state index in [1.165, 1.54) is 0 Å². The first kappa shape index (κ1) is 11.8. The highest BCUT2D eigenvalue weighted by Crippen LogP contribution is 2.22. The van der Waals surface area contributed by atoms with Crippen molar-refractivity contribution in [2.45, 2.75) is 13.8 Å². The zero-order chi connectivity index (χ0) is 9.14. The van der Waals surface area contributed by atoms with Gasteiger partial charge < -0.3 is 23.9 Å². The lowest BCUT2D eigenvalue weighted by atomic mass is 10.1. The highest BCUT2D eigenvalue weighted by Gasteiger charge is 1.98. The van der Waals surface area contributed by atoms with Gasteiger partial charge in [-0.15, -0.1) is 0 Å². The van der Waals surface area contributed by atoms with Gasteiger partial charge in [0.25, 0.3) is 0 Å². The monoisotopic (exact) mass is 198 g/mol. The van der Waals surface area contributed by atoms with Gasteiger partial charge in [0, 0.05) is 0 Å². The summed E-state index contributed by atoms with van der Waals surface area (Å²) < 4.78 is 0. The lowest BCUT2D eigenvalue weighted by molar-refractivity contribution is -0.00000294. The molecule has 0 amide bonds. The Labute approximate surface area is 84.3 Å². The van der Waals surface area contributed by atoms with Crippen LogP contribution in [-0.4, -0.2) is 5.96 Å². The first-order valence-electron chi connectivity index (χ1n) is 3.77. The maximum atomic E-state index is 5.29. The van der Waals surface area contributed by atoms with Crippen LogP contribution >= 0.6 is 0 Å². The van der Waals surface area contributed by atoms with Crippen molar-refractivity contribution >= 4 is 11.6 Å². The fourth-order valence-electron chi connectivity index (χ4n) is 1.11. The van der Waals surface area contributed by atoms with Gasteiger partial charge in [0.05, 0.1) is 5.69 Å². The summed E-state index contributed by atoms with van der Waals surface area (Å²) in [5, 5.41) is 0. The van der Waals surface area contributed by atoms with Crippen molar-refractivity contribution in [2.75, 3.05) is 0 Å². The van der Waals surface area contributed by atoms with Gasteiger partial charge in [-0.1, -0.05) is 18.2 Å². The number of guanidine groups is 1. The van der Waals surface area contributed by atoms with E-state index < -0.39 is 0 Å². The van der Waals surface area contributed by atoms with E-state index in [0.29, 0.717) is 0 Å². The van der Waals surface area contributed by atoms with Gasteiger partial charge in [0.15, 0.2) is 5.96 Å². The molecule has 0 unspecified atom stereocenters. The van der Waals surface area contributed by atoms with Gasteiger partial charge in [-0.2, -0.15) is 0 Å². The number of para-hydroxylation sites is 1. The highest BCUT2D eigenvalue weighted by molar-refractivity contribution is 5.80. The van der Waals surface area contributed by atoms with Crippen molar-refractivity contribution in [3.05, 3.63) is 29.3 Å². The molecule has 0 saturated carbocycles. The van der Waals surface area contributed by atoms with E-state index in [9.17, 15) is 0 Å². The van der Waals surface area contributed by atoms with Gasteiger partial charge in [-0.3, -0.25) is 0 Å². The maximum Gasteiger partial charge on any atom is 0.191 e. The third-order valence-electron chi connectivity index (χ3n) is 1.68. The van der Waals surface area contributed by atoms with Gasteiger partial charge in [-0.25, -0.2) is 4.99 Å². The van der Waals surface area contributed by atoms with E-state index in [1.807, 2.05) is 32.0 Å². The zero-order valence-corrected chi connectivity index (χ0v) is 8.47. The van der Waals surface area contributed by atoms with Crippen molar-refractivity contribution in [2.24, 2.45) is 16.5 Å². The Morgan fingerprint density at radius 1 is 1.15 bits per heavy atom. The summed E-state index contributed by atoms with van der Waals surface area (Å²) in [4.78, 5) is 4.03. The zero-order valence-electron chi connectivity index (χ0n) is 7.71. The average molecular weight is 199 g/mol. The molecule has 0 saturated heterocycles. The molecule has 0 spiro atoms. The number of hydrogen-bond donors (Lipinski definition) is 2. The number of halogens is 1. The standard InChI is InChI=1S/C9H13N3.ClH/c1-6-4-3-5-7(2)8(6)12-9(10)11;/h3-5H,1-2H3,(H4,10,11,12);1H/p-1. The van der Waals surface area contributed by atoms with Gasteiger partial charge in [0.1, 0.15) is 0 Å². The van der Waals surface area contributed by atoms with E-state index in [2.05, 4.69) is 4.99 Å². The molecule has 0 aliphatic heterocycles. The van der Waals surface area contributed by atoms with Gasteiger partial charge >= 0.3 is 0 Å². The summed E-state index contributed by atoms with van der Waals surface area (Å²) in [6.45, 7) is 3.96. The SMILES string of the molecule is Cc1cccc(C)c1N=C(N)N.[Cl-]. The van der Waals surface area contributed by atoms with Gasteiger partial charge in [-0.05, 0) is 25.0 Å². The normalized spacial score (nSPS) is 8.77. The molecule has 0 aromatic heterocycles. The number of rotatable bonds is 1. The van der Waals surface area contributed by atoms with E-state index in [4.69, 9.17) is 11.5 Å². The topological polar surface area (TPSA) is 64.4 Å². The molecule has 3 nitrogen and oxygen atoms in total. The summed E-state index contributed by atoms with van der Waals surface area (Å²) in [6.07, 6.45) is 0. The third kappa shape index (κ3) is 2.95. The predicted octanol–water partition coefficient (Wildman–Crippen LogP) is -1.79. The van der Waals surface area contributed by atoms with Crippen LogP contribution in [0.1, 0.15) is 11.1 Å². The molecule has 4 heteroatoms. The molecule has 0 fully saturated rings. The van der Waals surface area contributed by atoms with Crippen molar-refractivity contribution in [1.82, 2.24) is 0 Å². The summed E-state index contributed by atoms with van der Waals surface area (Å²) in [5.74, 6) is 0.104. The van der Waals surface area contributed by atoms with Crippen LogP contribution in [0.2, 0.25) is 0 Å². The molecular weight excluding hydrogens is 186 g/mol. The van der Waals surface area contributed by atoms with Crippen LogP contribution in [0.15, 0.2) is 23.2 Å². The van der Waals surface area contributed by atoms with E-state index in [1.54, 1.807) is 0 Å². The number of benzene rings is 1. The molecule has 0 heterocycles. The van der Waals surface area contributed by atoms with Crippen LogP contribution in [0.25, 0.3) is 0 Å². The smallest absolute Gasteiger partial charge is 0.191 e. The fourth-order valence-corrected chi connectivity index (χ4v) is 1.11. The molecule has 13 heavy (non-hydrogen) atoms. The molecule has 4 N–H and O–H groups in total. The summed E-state index contributed by atoms with van der Waals surface area (Å²) in [5.41, 5.74) is 13.6. The lowest BCUT2D eigenvalue weighted by Crippen LogP contribution is -3.00. The second-order valence-corrected chi connectivity index (χ2v) is 2.78. The average Bonchev–Trinajstić information content (AvgIpc) is 1.97. The lowest BCUT2D eigenvalue weighted by Gasteiger charge is -2.03. The second kappa shape index (κ2) is 4.72. The van der Waals surface area contributed by atoms with Crippen LogP contribution in [-0.2, 0) is 0 Å². The molecule has 0 aliphatic rings. The molecular formula is C9H13ClN3-. The Kier molecular flexibility index (Phi) is 4.28. The Balaban J connectivity index is 0.00000144. The Morgan fingerprint density at radius 2 is 1.62 bits per heavy atom. The minimum absolute atomic E-state index is 0. The van der Waals surface area contributed by atoms with Crippen molar-refractivity contribution in [1.29, 1.82) is 0 Å². The summed E-state index contributed by atoms with van der Waals surface area (Å²) in [7, 11) is 0. The minimum Gasteiger partial charge on any atom is -1.00 e. The largest absolute Gasteiger partial charge is 1.00 e. The van der Waals surface area contributed by atoms with E-state index in [-0.39, 0.29) is 18.4 Å². The predicted molar refractivity (Wildman–Crippen MR) is 51.4 cm³/mol. The van der Waals surface area contributed by atoms with Crippen LogP contribution in [0.3, 0.4) is 0 Å². The molecule has 0 bridgehead atoms. The third-order valence-corrected chi connectivity index (χ3v) is 1.68. The second-order valence-electron chi connectivity index (χ2n) is 2.78. The number of aryl methyl sites for hydroxylation is 2. The number of nitrogens with two attached hydrogens (primary N) is 2. The van der Waals surface area contributed by atoms with Crippen LogP contribution in [0.4, 0.5) is 5.69 Å². The molecule has 1 aromatic carbocycles. The van der Waals surface area contributed by atoms with Crippen LogP contribution < -0.4 is 23.9 Å². The Hall–Kier alpha value is -1.22. The first-order valence-corrected chi connectivity index (χ1v) is 3.77. The van der Waals surface area contributed by atoms with Gasteiger partial charge in [0.2, 0.25) is 0 Å². The molecule has 0 aliphatic carbocycles. The highest BCUT2D eigenvalue weighted by atomic mass is 35.5. The molecule has 0 atom stereocenters. The summed E-state index contributed by atoms with van der Waals surface area (Å²) >= 11 is 0. The fraction of sp³-hybridized carbons (Fsp3) is 0.222. The number of hydrogen-bond acceptors (Lipinski definition) is 1. The quantitative estimate of drug-likeness (QED) is 0.414. The van der Waals surface area contributed by atoms with Crippen molar-refractivity contribution in [3.8, 4) is 0 Å². The maximum absolute atomic E-state index is 5.29. The molecule has 1 rings (SSSR count).